The fourth-order valence-corrected chi connectivity index (χ4v) is 2.50. The number of nitrogens with two attached hydrogens (primary N) is 1. The summed E-state index contributed by atoms with van der Waals surface area (Å²) in [7, 11) is 0. The second-order valence-electron chi connectivity index (χ2n) is 4.13. The van der Waals surface area contributed by atoms with E-state index in [-0.39, 0.29) is 6.04 Å². The number of hydrogen-bond donors (Lipinski definition) is 1. The third-order valence-corrected chi connectivity index (χ3v) is 4.21. The van der Waals surface area contributed by atoms with Crippen LogP contribution in [-0.4, -0.2) is 17.6 Å². The maximum atomic E-state index is 6.23. The maximum absolute atomic E-state index is 6.23. The van der Waals surface area contributed by atoms with E-state index in [2.05, 4.69) is 19.9 Å². The van der Waals surface area contributed by atoms with Gasteiger partial charge in [-0.15, -0.1) is 0 Å². The van der Waals surface area contributed by atoms with Crippen molar-refractivity contribution >= 4 is 11.8 Å². The summed E-state index contributed by atoms with van der Waals surface area (Å²) in [4.78, 5) is 0. The van der Waals surface area contributed by atoms with Gasteiger partial charge in [-0.05, 0) is 19.4 Å². The molecule has 1 rings (SSSR count). The molecule has 1 aromatic rings. The fourth-order valence-electron chi connectivity index (χ4n) is 1.55. The summed E-state index contributed by atoms with van der Waals surface area (Å²) >= 11 is 1.93. The first-order valence-corrected chi connectivity index (χ1v) is 7.32. The molecule has 0 aliphatic carbocycles. The molecule has 0 aliphatic rings. The van der Waals surface area contributed by atoms with Gasteiger partial charge in [-0.1, -0.05) is 32.0 Å². The standard InChI is InChI=1S/C14H23NOS/c1-4-11(3)17-10-13(15)12-8-6-7-9-14(12)16-5-2/h6-9,11,13H,4-5,10,15H2,1-3H3. The molecule has 2 atom stereocenters. The second kappa shape index (κ2) is 7.62. The third-order valence-electron chi connectivity index (χ3n) is 2.75. The minimum absolute atomic E-state index is 0.0525. The Balaban J connectivity index is 2.64. The van der Waals surface area contributed by atoms with Crippen LogP contribution in [0.3, 0.4) is 0 Å². The quantitative estimate of drug-likeness (QED) is 0.806. The lowest BCUT2D eigenvalue weighted by molar-refractivity contribution is 0.335. The normalized spacial score (nSPS) is 14.4. The minimum Gasteiger partial charge on any atom is -0.494 e. The summed E-state index contributed by atoms with van der Waals surface area (Å²) < 4.78 is 5.60. The molecule has 0 spiro atoms. The summed E-state index contributed by atoms with van der Waals surface area (Å²) in [6.07, 6.45) is 1.19. The first-order valence-electron chi connectivity index (χ1n) is 6.27. The Morgan fingerprint density at radius 3 is 2.65 bits per heavy atom. The van der Waals surface area contributed by atoms with Crippen LogP contribution < -0.4 is 10.5 Å². The molecule has 2 unspecified atom stereocenters. The molecule has 3 heteroatoms. The molecule has 0 aromatic heterocycles. The molecule has 0 amide bonds. The van der Waals surface area contributed by atoms with Gasteiger partial charge in [0.15, 0.2) is 0 Å². The maximum Gasteiger partial charge on any atom is 0.124 e. The van der Waals surface area contributed by atoms with E-state index in [9.17, 15) is 0 Å². The van der Waals surface area contributed by atoms with Crippen molar-refractivity contribution in [1.29, 1.82) is 0 Å². The fraction of sp³-hybridized carbons (Fsp3) is 0.571. The lowest BCUT2D eigenvalue weighted by Crippen LogP contribution is -2.16. The van der Waals surface area contributed by atoms with E-state index in [1.165, 1.54) is 6.42 Å². The molecule has 0 fully saturated rings. The van der Waals surface area contributed by atoms with E-state index < -0.39 is 0 Å². The van der Waals surface area contributed by atoms with Crippen LogP contribution in [0.1, 0.15) is 38.8 Å². The molecular weight excluding hydrogens is 230 g/mol. The SMILES string of the molecule is CCOc1ccccc1C(N)CSC(C)CC. The first kappa shape index (κ1) is 14.4. The number of hydrogen-bond acceptors (Lipinski definition) is 3. The van der Waals surface area contributed by atoms with Crippen LogP contribution in [0.5, 0.6) is 5.75 Å². The van der Waals surface area contributed by atoms with Gasteiger partial charge in [-0.25, -0.2) is 0 Å². The lowest BCUT2D eigenvalue weighted by atomic mass is 10.1. The lowest BCUT2D eigenvalue weighted by Gasteiger charge is -2.17. The van der Waals surface area contributed by atoms with Crippen molar-refractivity contribution in [3.63, 3.8) is 0 Å². The Morgan fingerprint density at radius 1 is 1.29 bits per heavy atom. The zero-order valence-corrected chi connectivity index (χ0v) is 11.8. The molecule has 0 aliphatic heterocycles. The van der Waals surface area contributed by atoms with Gasteiger partial charge in [0, 0.05) is 22.6 Å². The second-order valence-corrected chi connectivity index (χ2v) is 5.60. The topological polar surface area (TPSA) is 35.2 Å². The van der Waals surface area contributed by atoms with Gasteiger partial charge in [0.05, 0.1) is 6.61 Å². The van der Waals surface area contributed by atoms with Crippen molar-refractivity contribution in [2.24, 2.45) is 5.73 Å². The monoisotopic (exact) mass is 253 g/mol. The molecule has 1 aromatic carbocycles. The van der Waals surface area contributed by atoms with Crippen molar-refractivity contribution in [2.45, 2.75) is 38.5 Å². The highest BCUT2D eigenvalue weighted by molar-refractivity contribution is 7.99. The molecule has 2 N–H and O–H groups in total. The predicted octanol–water partition coefficient (Wildman–Crippen LogP) is 3.62. The zero-order valence-electron chi connectivity index (χ0n) is 11.0. The third kappa shape index (κ3) is 4.60. The summed E-state index contributed by atoms with van der Waals surface area (Å²) in [5, 5.41) is 0.667. The average Bonchev–Trinajstić information content (AvgIpc) is 2.36. The van der Waals surface area contributed by atoms with Crippen LogP contribution in [0.2, 0.25) is 0 Å². The molecule has 17 heavy (non-hydrogen) atoms. The number of benzene rings is 1. The van der Waals surface area contributed by atoms with Crippen LogP contribution in [-0.2, 0) is 0 Å². The van der Waals surface area contributed by atoms with Gasteiger partial charge >= 0.3 is 0 Å². The number of ether oxygens (including phenoxy) is 1. The number of thioether (sulfide) groups is 1. The van der Waals surface area contributed by atoms with Crippen molar-refractivity contribution in [3.8, 4) is 5.75 Å². The zero-order chi connectivity index (χ0) is 12.7. The van der Waals surface area contributed by atoms with Crippen LogP contribution >= 0.6 is 11.8 Å². The Hall–Kier alpha value is -0.670. The van der Waals surface area contributed by atoms with Gasteiger partial charge < -0.3 is 10.5 Å². The molecule has 0 bridgehead atoms. The van der Waals surface area contributed by atoms with Gasteiger partial charge in [-0.2, -0.15) is 11.8 Å². The average molecular weight is 253 g/mol. The molecule has 0 saturated carbocycles. The summed E-state index contributed by atoms with van der Waals surface area (Å²) in [5.41, 5.74) is 7.34. The van der Waals surface area contributed by atoms with Crippen molar-refractivity contribution in [3.05, 3.63) is 29.8 Å². The van der Waals surface area contributed by atoms with E-state index >= 15 is 0 Å². The molecule has 0 saturated heterocycles. The largest absolute Gasteiger partial charge is 0.494 e. The van der Waals surface area contributed by atoms with Crippen molar-refractivity contribution in [2.75, 3.05) is 12.4 Å². The Morgan fingerprint density at radius 2 is 2.00 bits per heavy atom. The number of para-hydroxylation sites is 1. The van der Waals surface area contributed by atoms with E-state index in [0.717, 1.165) is 17.1 Å². The minimum atomic E-state index is 0.0525. The van der Waals surface area contributed by atoms with Crippen LogP contribution in [0.4, 0.5) is 0 Å². The van der Waals surface area contributed by atoms with Gasteiger partial charge in [-0.3, -0.25) is 0 Å². The van der Waals surface area contributed by atoms with Crippen LogP contribution in [0, 0.1) is 0 Å². The molecule has 96 valence electrons. The van der Waals surface area contributed by atoms with E-state index in [4.69, 9.17) is 10.5 Å². The summed E-state index contributed by atoms with van der Waals surface area (Å²) in [5.74, 6) is 1.87. The van der Waals surface area contributed by atoms with Crippen molar-refractivity contribution in [1.82, 2.24) is 0 Å². The smallest absolute Gasteiger partial charge is 0.124 e. The predicted molar refractivity (Wildman–Crippen MR) is 76.8 cm³/mol. The summed E-state index contributed by atoms with van der Waals surface area (Å²) in [6, 6.07) is 8.12. The molecule has 2 nitrogen and oxygen atoms in total. The Bertz CT molecular complexity index is 330. The molecule has 0 heterocycles. The van der Waals surface area contributed by atoms with Gasteiger partial charge in [0.2, 0.25) is 0 Å². The van der Waals surface area contributed by atoms with E-state index in [1.54, 1.807) is 0 Å². The highest BCUT2D eigenvalue weighted by atomic mass is 32.2. The van der Waals surface area contributed by atoms with Crippen LogP contribution in [0.25, 0.3) is 0 Å². The number of rotatable bonds is 7. The summed E-state index contributed by atoms with van der Waals surface area (Å²) in [6.45, 7) is 7.13. The molecular formula is C14H23NOS. The van der Waals surface area contributed by atoms with Gasteiger partial charge in [0.1, 0.15) is 5.75 Å². The first-order chi connectivity index (χ1) is 8.19. The molecule has 0 radical (unpaired) electrons. The van der Waals surface area contributed by atoms with Crippen LogP contribution in [0.15, 0.2) is 24.3 Å². The Kier molecular flexibility index (Phi) is 6.45. The Labute approximate surface area is 109 Å². The van der Waals surface area contributed by atoms with E-state index in [1.807, 2.05) is 36.9 Å². The van der Waals surface area contributed by atoms with Crippen molar-refractivity contribution < 1.29 is 4.74 Å². The highest BCUT2D eigenvalue weighted by Gasteiger charge is 2.12. The highest BCUT2D eigenvalue weighted by Crippen LogP contribution is 2.27. The van der Waals surface area contributed by atoms with Gasteiger partial charge in [0.25, 0.3) is 0 Å². The van der Waals surface area contributed by atoms with E-state index in [0.29, 0.717) is 11.9 Å².